The predicted molar refractivity (Wildman–Crippen MR) is 287 cm³/mol. The molecule has 0 N–H and O–H groups in total. The molecular weight excluding hydrogens is 845 g/mol. The van der Waals surface area contributed by atoms with Gasteiger partial charge >= 0.3 is 0 Å². The molecule has 0 heterocycles. The van der Waals surface area contributed by atoms with Crippen molar-refractivity contribution < 1.29 is 0 Å². The minimum Gasteiger partial charge on any atom is -0.0622 e. The minimum absolute atomic E-state index is 1.02. The Balaban J connectivity index is 1.41. The molecule has 0 spiro atoms. The molecule has 0 saturated carbocycles. The van der Waals surface area contributed by atoms with Gasteiger partial charge in [-0.05, 0) is 106 Å². The third-order valence-corrected chi connectivity index (χ3v) is 21.3. The Kier molecular flexibility index (Phi) is 13.2. The lowest BCUT2D eigenvalue weighted by Crippen LogP contribution is -2.35. The fraction of sp³-hybridized carbons (Fsp3) is 0. The molecule has 0 atom stereocenters. The molecule has 4 heteroatoms. The quantitative estimate of drug-likeness (QED) is 0.101. The Morgan fingerprint density at radius 3 is 0.422 bits per heavy atom. The van der Waals surface area contributed by atoms with Crippen LogP contribution in [0.4, 0.5) is 0 Å². The Hall–Kier alpha value is -6.08. The summed E-state index contributed by atoms with van der Waals surface area (Å²) in [7, 11) is -4.10. The Morgan fingerprint density at radius 2 is 0.281 bits per heavy atom. The highest BCUT2D eigenvalue weighted by Gasteiger charge is 2.33. The van der Waals surface area contributed by atoms with Gasteiger partial charge in [-0.1, -0.05) is 279 Å². The van der Waals surface area contributed by atoms with Crippen molar-refractivity contribution in [2.45, 2.75) is 0 Å². The number of benzene rings is 10. The van der Waals surface area contributed by atoms with Gasteiger partial charge < -0.3 is 0 Å². The van der Waals surface area contributed by atoms with E-state index in [1.807, 2.05) is 0 Å². The summed E-state index contributed by atoms with van der Waals surface area (Å²) in [5.41, 5.74) is 2.73. The van der Waals surface area contributed by atoms with Gasteiger partial charge in [0.05, 0.1) is 0 Å². The second-order valence-corrected chi connectivity index (χ2v) is 24.1. The van der Waals surface area contributed by atoms with E-state index in [1.54, 1.807) is 0 Å². The average Bonchev–Trinajstić information content (AvgIpc) is 3.37. The summed E-state index contributed by atoms with van der Waals surface area (Å²) in [6.07, 6.45) is 0. The maximum absolute atomic E-state index is 2.47. The van der Waals surface area contributed by atoms with E-state index in [0.29, 0.717) is 0 Å². The largest absolute Gasteiger partial charge is 0.0622 e. The maximum Gasteiger partial charge on any atom is -0.000334 e. The molecule has 306 valence electrons. The van der Waals surface area contributed by atoms with Gasteiger partial charge in [0.15, 0.2) is 0 Å². The predicted octanol–water partition coefficient (Wildman–Crippen LogP) is 10.4. The second-order valence-electron chi connectivity index (χ2n) is 15.4. The van der Waals surface area contributed by atoms with E-state index >= 15 is 0 Å². The van der Waals surface area contributed by atoms with E-state index < -0.39 is 31.7 Å². The molecule has 0 aliphatic heterocycles. The number of hydrogen-bond donors (Lipinski definition) is 0. The molecule has 10 rings (SSSR count). The van der Waals surface area contributed by atoms with Crippen molar-refractivity contribution in [1.82, 2.24) is 0 Å². The van der Waals surface area contributed by atoms with Crippen molar-refractivity contribution in [1.29, 1.82) is 0 Å². The Bertz CT molecular complexity index is 2450. The van der Waals surface area contributed by atoms with Crippen LogP contribution in [-0.2, 0) is 0 Å². The summed E-state index contributed by atoms with van der Waals surface area (Å²) < 4.78 is 0. The van der Waals surface area contributed by atoms with Gasteiger partial charge in [0.2, 0.25) is 0 Å². The highest BCUT2D eigenvalue weighted by molar-refractivity contribution is 7.83. The van der Waals surface area contributed by atoms with E-state index in [0.717, 1.165) is 0 Å². The minimum atomic E-state index is -1.02. The third kappa shape index (κ3) is 8.87. The van der Waals surface area contributed by atoms with Crippen molar-refractivity contribution in [3.63, 3.8) is 0 Å². The highest BCUT2D eigenvalue weighted by atomic mass is 31.1. The molecule has 10 aromatic rings. The molecule has 0 aromatic heterocycles. The van der Waals surface area contributed by atoms with E-state index in [-0.39, 0.29) is 0 Å². The monoisotopic (exact) mass is 890 g/mol. The first-order valence-electron chi connectivity index (χ1n) is 21.7. The highest BCUT2D eigenvalue weighted by Crippen LogP contribution is 2.47. The SMILES string of the molecule is c1ccc(P(c2ccccc2)c2cccc(P(c3ccccc3)c3ccccc3)c2-c2c(P(c3ccccc3)c3ccccc3)cccc2P(c2ccccc2)c2ccccc2)cc1. The van der Waals surface area contributed by atoms with Crippen LogP contribution in [0.2, 0.25) is 0 Å². The van der Waals surface area contributed by atoms with Crippen LogP contribution in [-0.4, -0.2) is 0 Å². The zero-order valence-electron chi connectivity index (χ0n) is 35.3. The Labute approximate surface area is 383 Å². The fourth-order valence-electron chi connectivity index (χ4n) is 8.64. The molecule has 64 heavy (non-hydrogen) atoms. The molecule has 0 aliphatic rings. The van der Waals surface area contributed by atoms with Crippen molar-refractivity contribution in [2.24, 2.45) is 0 Å². The lowest BCUT2D eigenvalue weighted by molar-refractivity contribution is 1.71. The first-order valence-corrected chi connectivity index (χ1v) is 27.1. The smallest absolute Gasteiger partial charge is 0.000334 e. The van der Waals surface area contributed by atoms with Crippen LogP contribution >= 0.6 is 31.7 Å². The van der Waals surface area contributed by atoms with Crippen molar-refractivity contribution in [2.75, 3.05) is 0 Å². The van der Waals surface area contributed by atoms with Crippen LogP contribution in [0.25, 0.3) is 11.1 Å². The topological polar surface area (TPSA) is 0 Å². The molecular formula is C60H46P4. The lowest BCUT2D eigenvalue weighted by atomic mass is 10.1. The summed E-state index contributed by atoms with van der Waals surface area (Å²) in [4.78, 5) is 0. The molecule has 10 aromatic carbocycles. The summed E-state index contributed by atoms with van der Waals surface area (Å²) in [5.74, 6) is 0. The molecule has 0 amide bonds. The van der Waals surface area contributed by atoms with Gasteiger partial charge in [0, 0.05) is 0 Å². The molecule has 0 radical (unpaired) electrons. The number of rotatable bonds is 13. The van der Waals surface area contributed by atoms with Crippen molar-refractivity contribution >= 4 is 95.3 Å². The lowest BCUT2D eigenvalue weighted by Gasteiger charge is -2.33. The van der Waals surface area contributed by atoms with Gasteiger partial charge in [-0.3, -0.25) is 0 Å². The molecule has 0 bridgehead atoms. The van der Waals surface area contributed by atoms with E-state index in [9.17, 15) is 0 Å². The van der Waals surface area contributed by atoms with Crippen molar-refractivity contribution in [3.05, 3.63) is 279 Å². The molecule has 0 fully saturated rings. The van der Waals surface area contributed by atoms with Gasteiger partial charge in [-0.25, -0.2) is 0 Å². The van der Waals surface area contributed by atoms with Crippen LogP contribution in [0.1, 0.15) is 0 Å². The Morgan fingerprint density at radius 1 is 0.141 bits per heavy atom. The standard InChI is InChI=1S/C60H46P4/c1-9-27-47(28-10-1)61(48-29-11-2-12-30-48)55-43-25-44-56(62(49-31-13-3-14-32-49)50-33-15-4-16-34-50)59(55)60-57(63(51-35-17-5-18-36-51)52-37-19-6-20-38-52)45-26-46-58(60)64(53-39-21-7-22-40-53)54-41-23-8-24-42-54/h1-46H. The van der Waals surface area contributed by atoms with Gasteiger partial charge in [-0.15, -0.1) is 0 Å². The van der Waals surface area contributed by atoms with Crippen LogP contribution in [0.3, 0.4) is 0 Å². The van der Waals surface area contributed by atoms with Crippen molar-refractivity contribution in [3.8, 4) is 11.1 Å². The van der Waals surface area contributed by atoms with E-state index in [1.165, 1.54) is 74.8 Å². The first-order chi connectivity index (χ1) is 31.8. The fourth-order valence-corrected chi connectivity index (χ4v) is 18.8. The normalized spacial score (nSPS) is 11.4. The first kappa shape index (κ1) is 41.9. The zero-order valence-corrected chi connectivity index (χ0v) is 38.9. The molecule has 0 unspecified atom stereocenters. The second kappa shape index (κ2) is 20.2. The summed E-state index contributed by atoms with van der Waals surface area (Å²) in [6, 6.07) is 105. The summed E-state index contributed by atoms with van der Waals surface area (Å²) in [6.45, 7) is 0. The van der Waals surface area contributed by atoms with Gasteiger partial charge in [-0.2, -0.15) is 0 Å². The number of hydrogen-bond acceptors (Lipinski definition) is 0. The third-order valence-electron chi connectivity index (χ3n) is 11.4. The summed E-state index contributed by atoms with van der Waals surface area (Å²) in [5, 5.41) is 16.2. The maximum atomic E-state index is 2.47. The van der Waals surface area contributed by atoms with Crippen LogP contribution in [0.5, 0.6) is 0 Å². The van der Waals surface area contributed by atoms with Crippen LogP contribution in [0, 0.1) is 0 Å². The van der Waals surface area contributed by atoms with E-state index in [4.69, 9.17) is 0 Å². The molecule has 0 saturated heterocycles. The van der Waals surface area contributed by atoms with Crippen LogP contribution < -0.4 is 63.7 Å². The average molecular weight is 891 g/mol. The molecule has 0 nitrogen and oxygen atoms in total. The van der Waals surface area contributed by atoms with Gasteiger partial charge in [0.25, 0.3) is 0 Å². The summed E-state index contributed by atoms with van der Waals surface area (Å²) >= 11 is 0. The van der Waals surface area contributed by atoms with E-state index in [2.05, 4.69) is 279 Å². The molecule has 0 aliphatic carbocycles. The zero-order chi connectivity index (χ0) is 42.9. The van der Waals surface area contributed by atoms with Gasteiger partial charge in [0.1, 0.15) is 0 Å². The van der Waals surface area contributed by atoms with Crippen LogP contribution in [0.15, 0.2) is 279 Å².